The predicted molar refractivity (Wildman–Crippen MR) is 39.8 cm³/mol. The Morgan fingerprint density at radius 1 is 1.42 bits per heavy atom. The molecule has 0 radical (unpaired) electrons. The SMILES string of the molecule is CC1(C)[C-]2CCC1C(=O)C2=O.[Li+]. The van der Waals surface area contributed by atoms with E-state index < -0.39 is 0 Å². The summed E-state index contributed by atoms with van der Waals surface area (Å²) >= 11 is 0. The molecule has 0 aromatic carbocycles. The Morgan fingerprint density at radius 2 is 2.00 bits per heavy atom. The fraction of sp³-hybridized carbons (Fsp3) is 0.667. The summed E-state index contributed by atoms with van der Waals surface area (Å²) in [6.07, 6.45) is 1.75. The van der Waals surface area contributed by atoms with E-state index in [4.69, 9.17) is 0 Å². The Labute approximate surface area is 84.3 Å². The van der Waals surface area contributed by atoms with E-state index in [0.717, 1.165) is 18.8 Å². The molecule has 0 heterocycles. The van der Waals surface area contributed by atoms with Crippen LogP contribution in [0.2, 0.25) is 0 Å². The number of ketones is 2. The van der Waals surface area contributed by atoms with Crippen molar-refractivity contribution in [2.24, 2.45) is 11.3 Å². The second-order valence-electron chi connectivity index (χ2n) is 3.98. The largest absolute Gasteiger partial charge is 1.00 e. The standard InChI is InChI=1S/C9H11O2.Li/c1-9(2)5-3-4-6(9)8(11)7(5)10;/h5H,3-4H2,1-2H3;/q-1;+1. The van der Waals surface area contributed by atoms with Gasteiger partial charge in [-0.05, 0) is 0 Å². The van der Waals surface area contributed by atoms with Crippen LogP contribution in [0.4, 0.5) is 0 Å². The molecule has 2 fully saturated rings. The first kappa shape index (κ1) is 9.89. The number of carbonyl (C=O) groups is 2. The maximum absolute atomic E-state index is 11.2. The number of carbonyl (C=O) groups excluding carboxylic acids is 2. The molecule has 0 spiro atoms. The number of Topliss-reactive ketones (excluding diaryl/α,β-unsaturated/α-hetero) is 2. The maximum atomic E-state index is 11.2. The van der Waals surface area contributed by atoms with Crippen molar-refractivity contribution in [3.8, 4) is 0 Å². The van der Waals surface area contributed by atoms with Crippen LogP contribution in [0.15, 0.2) is 0 Å². The second-order valence-corrected chi connectivity index (χ2v) is 3.98. The minimum atomic E-state index is -0.189. The Bertz CT molecular complexity index is 221. The van der Waals surface area contributed by atoms with Crippen molar-refractivity contribution in [3.05, 3.63) is 5.92 Å². The van der Waals surface area contributed by atoms with Gasteiger partial charge >= 0.3 is 18.9 Å². The van der Waals surface area contributed by atoms with Crippen LogP contribution in [0.1, 0.15) is 26.7 Å². The van der Waals surface area contributed by atoms with Crippen LogP contribution < -0.4 is 18.9 Å². The molecule has 12 heavy (non-hydrogen) atoms. The van der Waals surface area contributed by atoms with E-state index >= 15 is 0 Å². The van der Waals surface area contributed by atoms with Crippen LogP contribution in [0.25, 0.3) is 0 Å². The average molecular weight is 158 g/mol. The Kier molecular flexibility index (Phi) is 2.18. The Hall–Kier alpha value is -0.193. The second kappa shape index (κ2) is 2.65. The molecule has 2 nitrogen and oxygen atoms in total. The molecule has 0 aliphatic heterocycles. The molecule has 0 saturated heterocycles. The summed E-state index contributed by atoms with van der Waals surface area (Å²) in [5.41, 5.74) is -0.117. The van der Waals surface area contributed by atoms with Gasteiger partial charge < -0.3 is 9.59 Å². The van der Waals surface area contributed by atoms with E-state index in [-0.39, 0.29) is 41.8 Å². The molecule has 1 unspecified atom stereocenters. The fourth-order valence-corrected chi connectivity index (χ4v) is 2.35. The van der Waals surface area contributed by atoms with Crippen LogP contribution >= 0.6 is 0 Å². The van der Waals surface area contributed by atoms with Crippen LogP contribution in [0.5, 0.6) is 0 Å². The van der Waals surface area contributed by atoms with Gasteiger partial charge in [0.05, 0.1) is 5.78 Å². The van der Waals surface area contributed by atoms with Gasteiger partial charge in [-0.3, -0.25) is 0 Å². The van der Waals surface area contributed by atoms with E-state index in [1.54, 1.807) is 0 Å². The summed E-state index contributed by atoms with van der Waals surface area (Å²) < 4.78 is 0. The average Bonchev–Trinajstić information content (AvgIpc) is 2.27. The topological polar surface area (TPSA) is 34.1 Å². The van der Waals surface area contributed by atoms with Gasteiger partial charge in [0.25, 0.3) is 0 Å². The zero-order chi connectivity index (χ0) is 8.22. The number of fused-ring (bicyclic) bond motifs is 2. The third kappa shape index (κ3) is 0.917. The molecule has 60 valence electrons. The number of hydrogen-bond donors (Lipinski definition) is 0. The molecule has 0 N–H and O–H groups in total. The first-order valence-corrected chi connectivity index (χ1v) is 4.00. The van der Waals surface area contributed by atoms with Crippen LogP contribution in [0, 0.1) is 17.3 Å². The van der Waals surface area contributed by atoms with Crippen molar-refractivity contribution in [2.75, 3.05) is 0 Å². The minimum Gasteiger partial charge on any atom is -0.403 e. The van der Waals surface area contributed by atoms with Gasteiger partial charge in [0.2, 0.25) is 0 Å². The zero-order valence-corrected chi connectivity index (χ0v) is 7.81. The van der Waals surface area contributed by atoms with Gasteiger partial charge in [0, 0.05) is 5.78 Å². The van der Waals surface area contributed by atoms with E-state index in [1.165, 1.54) is 0 Å². The Morgan fingerprint density at radius 3 is 2.25 bits per heavy atom. The zero-order valence-electron chi connectivity index (χ0n) is 7.81. The van der Waals surface area contributed by atoms with Crippen LogP contribution in [-0.2, 0) is 9.59 Å². The molecule has 2 rings (SSSR count). The third-order valence-electron chi connectivity index (χ3n) is 3.15. The first-order chi connectivity index (χ1) is 5.05. The van der Waals surface area contributed by atoms with Crippen molar-refractivity contribution in [2.45, 2.75) is 26.7 Å². The van der Waals surface area contributed by atoms with Gasteiger partial charge in [-0.1, -0.05) is 38.0 Å². The van der Waals surface area contributed by atoms with Gasteiger partial charge in [-0.2, -0.15) is 5.92 Å². The van der Waals surface area contributed by atoms with E-state index in [1.807, 2.05) is 13.8 Å². The molecule has 0 amide bonds. The van der Waals surface area contributed by atoms with Gasteiger partial charge in [0.1, 0.15) is 0 Å². The third-order valence-corrected chi connectivity index (χ3v) is 3.15. The van der Waals surface area contributed by atoms with Gasteiger partial charge in [-0.25, -0.2) is 0 Å². The van der Waals surface area contributed by atoms with Crippen molar-refractivity contribution < 1.29 is 28.4 Å². The van der Waals surface area contributed by atoms with E-state index in [9.17, 15) is 9.59 Å². The molecular weight excluding hydrogens is 147 g/mol. The molecular formula is C9H11LiO2. The molecule has 2 bridgehead atoms. The number of hydrogen-bond acceptors (Lipinski definition) is 2. The normalized spacial score (nSPS) is 30.8. The molecule has 0 aromatic rings. The van der Waals surface area contributed by atoms with Crippen LogP contribution in [-0.4, -0.2) is 11.6 Å². The molecule has 0 aromatic heterocycles. The van der Waals surface area contributed by atoms with Gasteiger partial charge in [-0.15, -0.1) is 0 Å². The van der Waals surface area contributed by atoms with Crippen molar-refractivity contribution >= 4 is 11.6 Å². The predicted octanol–water partition coefficient (Wildman–Crippen LogP) is -1.85. The summed E-state index contributed by atoms with van der Waals surface area (Å²) in [6.45, 7) is 4.01. The molecule has 2 saturated carbocycles. The summed E-state index contributed by atoms with van der Waals surface area (Å²) in [7, 11) is 0. The first-order valence-electron chi connectivity index (χ1n) is 4.00. The van der Waals surface area contributed by atoms with E-state index in [2.05, 4.69) is 0 Å². The van der Waals surface area contributed by atoms with Crippen molar-refractivity contribution in [1.29, 1.82) is 0 Å². The summed E-state index contributed by atoms with van der Waals surface area (Å²) in [4.78, 5) is 22.4. The molecule has 1 atom stereocenters. The molecule has 2 aliphatic carbocycles. The maximum Gasteiger partial charge on any atom is 1.00 e. The smallest absolute Gasteiger partial charge is 0.403 e. The summed E-state index contributed by atoms with van der Waals surface area (Å²) in [6, 6.07) is 0. The summed E-state index contributed by atoms with van der Waals surface area (Å²) in [5, 5.41) is 0. The Balaban J connectivity index is 0.000000720. The summed E-state index contributed by atoms with van der Waals surface area (Å²) in [5.74, 6) is 0.542. The van der Waals surface area contributed by atoms with Crippen molar-refractivity contribution in [3.63, 3.8) is 0 Å². The molecule has 3 heteroatoms. The van der Waals surface area contributed by atoms with Gasteiger partial charge in [0.15, 0.2) is 0 Å². The fourth-order valence-electron chi connectivity index (χ4n) is 2.35. The van der Waals surface area contributed by atoms with Crippen molar-refractivity contribution in [1.82, 2.24) is 0 Å². The quantitative estimate of drug-likeness (QED) is 0.236. The monoisotopic (exact) mass is 158 g/mol. The van der Waals surface area contributed by atoms with Crippen LogP contribution in [0.3, 0.4) is 0 Å². The van der Waals surface area contributed by atoms with E-state index in [0.29, 0.717) is 0 Å². The molecule has 2 aliphatic rings. The number of rotatable bonds is 0. The minimum absolute atomic E-state index is 0.